The zero-order valence-electron chi connectivity index (χ0n) is 18.8. The van der Waals surface area contributed by atoms with Crippen molar-refractivity contribution in [2.45, 2.75) is 20.0 Å². The van der Waals surface area contributed by atoms with Crippen molar-refractivity contribution >= 4 is 16.9 Å². The van der Waals surface area contributed by atoms with E-state index in [4.69, 9.17) is 13.9 Å². The van der Waals surface area contributed by atoms with Crippen LogP contribution in [0.5, 0.6) is 11.5 Å². The summed E-state index contributed by atoms with van der Waals surface area (Å²) in [6.07, 6.45) is 0. The summed E-state index contributed by atoms with van der Waals surface area (Å²) in [5.74, 6) is 0.780. The normalized spacial score (nSPS) is 10.8. The minimum Gasteiger partial charge on any atom is -0.497 e. The zero-order valence-corrected chi connectivity index (χ0v) is 18.8. The summed E-state index contributed by atoms with van der Waals surface area (Å²) in [6.45, 7) is 2.69. The monoisotopic (exact) mass is 443 g/mol. The van der Waals surface area contributed by atoms with Gasteiger partial charge in [0.1, 0.15) is 11.3 Å². The predicted octanol–water partition coefficient (Wildman–Crippen LogP) is 4.96. The Morgan fingerprint density at radius 1 is 0.879 bits per heavy atom. The second-order valence-corrected chi connectivity index (χ2v) is 7.82. The molecule has 0 N–H and O–H groups in total. The van der Waals surface area contributed by atoms with Gasteiger partial charge in [0.25, 0.3) is 5.91 Å². The fourth-order valence-electron chi connectivity index (χ4n) is 3.66. The molecule has 1 amide bonds. The van der Waals surface area contributed by atoms with Gasteiger partial charge >= 0.3 is 5.63 Å². The lowest BCUT2D eigenvalue weighted by Crippen LogP contribution is -2.33. The molecule has 0 atom stereocenters. The standard InChI is InChI=1S/C27H25NO5/c1-18-7-9-19(10-8-18)16-28(17-20-11-13-22(31-2)14-12-20)26(29)23-15-21-5-4-6-24(32-3)25(21)33-27(23)30/h4-15H,16-17H2,1-3H3. The molecular weight excluding hydrogens is 418 g/mol. The van der Waals surface area contributed by atoms with E-state index in [0.29, 0.717) is 29.8 Å². The zero-order chi connectivity index (χ0) is 23.4. The van der Waals surface area contributed by atoms with Gasteiger partial charge in [0.2, 0.25) is 0 Å². The molecule has 3 aromatic carbocycles. The first-order valence-electron chi connectivity index (χ1n) is 10.6. The summed E-state index contributed by atoms with van der Waals surface area (Å²) in [5.41, 5.74) is 2.63. The fraction of sp³-hybridized carbons (Fsp3) is 0.185. The molecule has 6 heteroatoms. The topological polar surface area (TPSA) is 69.0 Å². The Morgan fingerprint density at radius 2 is 1.52 bits per heavy atom. The first kappa shape index (κ1) is 22.1. The predicted molar refractivity (Wildman–Crippen MR) is 127 cm³/mol. The summed E-state index contributed by atoms with van der Waals surface area (Å²) in [6, 6.07) is 22.3. The van der Waals surface area contributed by atoms with Gasteiger partial charge in [-0.2, -0.15) is 0 Å². The van der Waals surface area contributed by atoms with Crippen LogP contribution in [-0.2, 0) is 13.1 Å². The Morgan fingerprint density at radius 3 is 2.12 bits per heavy atom. The van der Waals surface area contributed by atoms with E-state index >= 15 is 0 Å². The Hall–Kier alpha value is -4.06. The van der Waals surface area contributed by atoms with Gasteiger partial charge in [-0.15, -0.1) is 0 Å². The highest BCUT2D eigenvalue weighted by Crippen LogP contribution is 2.25. The summed E-state index contributed by atoms with van der Waals surface area (Å²) in [4.78, 5) is 28.0. The molecule has 0 aliphatic heterocycles. The van der Waals surface area contributed by atoms with Crippen LogP contribution in [0, 0.1) is 6.92 Å². The number of carbonyl (C=O) groups excluding carboxylic acids is 1. The van der Waals surface area contributed by atoms with E-state index in [1.54, 1.807) is 36.3 Å². The maximum Gasteiger partial charge on any atom is 0.349 e. The van der Waals surface area contributed by atoms with Gasteiger partial charge in [-0.3, -0.25) is 4.79 Å². The number of rotatable bonds is 7. The molecule has 0 saturated heterocycles. The molecule has 4 aromatic rings. The number of nitrogens with zero attached hydrogens (tertiary/aromatic N) is 1. The molecule has 0 spiro atoms. The third-order valence-electron chi connectivity index (χ3n) is 5.49. The van der Waals surface area contributed by atoms with Gasteiger partial charge in [-0.05, 0) is 42.3 Å². The second-order valence-electron chi connectivity index (χ2n) is 7.82. The van der Waals surface area contributed by atoms with Gasteiger partial charge in [-0.25, -0.2) is 4.79 Å². The smallest absolute Gasteiger partial charge is 0.349 e. The second kappa shape index (κ2) is 9.61. The Kier molecular flexibility index (Phi) is 6.45. The van der Waals surface area contributed by atoms with Gasteiger partial charge in [-0.1, -0.05) is 54.1 Å². The fourth-order valence-corrected chi connectivity index (χ4v) is 3.66. The van der Waals surface area contributed by atoms with Gasteiger partial charge < -0.3 is 18.8 Å². The number of aryl methyl sites for hydroxylation is 1. The van der Waals surface area contributed by atoms with Crippen molar-refractivity contribution in [3.63, 3.8) is 0 Å². The highest BCUT2D eigenvalue weighted by Gasteiger charge is 2.22. The molecule has 0 aliphatic carbocycles. The van der Waals surface area contributed by atoms with E-state index in [9.17, 15) is 9.59 Å². The SMILES string of the molecule is COc1ccc(CN(Cc2ccc(C)cc2)C(=O)c2cc3cccc(OC)c3oc2=O)cc1. The first-order valence-corrected chi connectivity index (χ1v) is 10.6. The Bertz CT molecular complexity index is 1320. The molecule has 0 fully saturated rings. The minimum absolute atomic E-state index is 0.0172. The first-order chi connectivity index (χ1) is 16.0. The van der Waals surface area contributed by atoms with Crippen LogP contribution in [0.15, 0.2) is 82.0 Å². The van der Waals surface area contributed by atoms with Crippen molar-refractivity contribution in [3.05, 3.63) is 105 Å². The van der Waals surface area contributed by atoms with Crippen LogP contribution < -0.4 is 15.1 Å². The van der Waals surface area contributed by atoms with Crippen LogP contribution in [0.3, 0.4) is 0 Å². The van der Waals surface area contributed by atoms with Crippen molar-refractivity contribution in [1.82, 2.24) is 4.90 Å². The van der Waals surface area contributed by atoms with Gasteiger partial charge in [0.05, 0.1) is 14.2 Å². The number of methoxy groups -OCH3 is 2. The average molecular weight is 443 g/mol. The molecule has 0 aliphatic rings. The molecule has 33 heavy (non-hydrogen) atoms. The van der Waals surface area contributed by atoms with Crippen LogP contribution in [0.1, 0.15) is 27.0 Å². The highest BCUT2D eigenvalue weighted by atomic mass is 16.5. The van der Waals surface area contributed by atoms with Crippen LogP contribution in [0.25, 0.3) is 11.0 Å². The van der Waals surface area contributed by atoms with Crippen LogP contribution in [0.4, 0.5) is 0 Å². The molecule has 0 radical (unpaired) electrons. The number of para-hydroxylation sites is 1. The third-order valence-corrected chi connectivity index (χ3v) is 5.49. The molecule has 4 rings (SSSR count). The van der Waals surface area contributed by atoms with E-state index in [0.717, 1.165) is 22.4 Å². The lowest BCUT2D eigenvalue weighted by molar-refractivity contribution is 0.0726. The van der Waals surface area contributed by atoms with Crippen LogP contribution in [-0.4, -0.2) is 25.0 Å². The van der Waals surface area contributed by atoms with Crippen LogP contribution in [0.2, 0.25) is 0 Å². The summed E-state index contributed by atoms with van der Waals surface area (Å²) in [5, 5.41) is 0.622. The van der Waals surface area contributed by atoms with E-state index in [2.05, 4.69) is 0 Å². The summed E-state index contributed by atoms with van der Waals surface area (Å²) < 4.78 is 16.0. The largest absolute Gasteiger partial charge is 0.497 e. The Labute approximate surface area is 192 Å². The molecule has 0 unspecified atom stereocenters. The van der Waals surface area contributed by atoms with E-state index < -0.39 is 11.5 Å². The molecule has 168 valence electrons. The number of ether oxygens (including phenoxy) is 2. The number of hydrogen-bond acceptors (Lipinski definition) is 5. The van der Waals surface area contributed by atoms with E-state index in [1.807, 2.05) is 55.5 Å². The number of fused-ring (bicyclic) bond motifs is 1. The molecule has 1 aromatic heterocycles. The van der Waals surface area contributed by atoms with Crippen LogP contribution >= 0.6 is 0 Å². The molecule has 1 heterocycles. The summed E-state index contributed by atoms with van der Waals surface area (Å²) >= 11 is 0. The summed E-state index contributed by atoms with van der Waals surface area (Å²) in [7, 11) is 3.11. The lowest BCUT2D eigenvalue weighted by atomic mass is 10.1. The molecular formula is C27H25NO5. The molecule has 6 nitrogen and oxygen atoms in total. The maximum atomic E-state index is 13.6. The van der Waals surface area contributed by atoms with Crippen molar-refractivity contribution in [2.24, 2.45) is 0 Å². The highest BCUT2D eigenvalue weighted by molar-refractivity contribution is 5.97. The number of benzene rings is 3. The van der Waals surface area contributed by atoms with E-state index in [1.165, 1.54) is 7.11 Å². The van der Waals surface area contributed by atoms with Gasteiger partial charge in [0, 0.05) is 18.5 Å². The van der Waals surface area contributed by atoms with Crippen molar-refractivity contribution in [1.29, 1.82) is 0 Å². The van der Waals surface area contributed by atoms with Crippen molar-refractivity contribution in [2.75, 3.05) is 14.2 Å². The lowest BCUT2D eigenvalue weighted by Gasteiger charge is -2.23. The molecule has 0 bridgehead atoms. The maximum absolute atomic E-state index is 13.6. The average Bonchev–Trinajstić information content (AvgIpc) is 2.84. The Balaban J connectivity index is 1.71. The van der Waals surface area contributed by atoms with Crippen molar-refractivity contribution < 1.29 is 18.7 Å². The van der Waals surface area contributed by atoms with Gasteiger partial charge in [0.15, 0.2) is 11.3 Å². The third kappa shape index (κ3) is 4.90. The number of carbonyl (C=O) groups is 1. The van der Waals surface area contributed by atoms with E-state index in [-0.39, 0.29) is 5.56 Å². The molecule has 0 saturated carbocycles. The number of hydrogen-bond donors (Lipinski definition) is 0. The van der Waals surface area contributed by atoms with Crippen molar-refractivity contribution in [3.8, 4) is 11.5 Å². The number of amides is 1. The minimum atomic E-state index is -0.694. The quantitative estimate of drug-likeness (QED) is 0.378.